The summed E-state index contributed by atoms with van der Waals surface area (Å²) < 4.78 is 13.3. The number of hydrogen-bond acceptors (Lipinski definition) is 5. The summed E-state index contributed by atoms with van der Waals surface area (Å²) in [5.41, 5.74) is 2.03. The summed E-state index contributed by atoms with van der Waals surface area (Å²) in [6, 6.07) is 8.34. The van der Waals surface area contributed by atoms with E-state index in [1.807, 2.05) is 0 Å². The molecule has 0 unspecified atom stereocenters. The van der Waals surface area contributed by atoms with Gasteiger partial charge in [-0.2, -0.15) is 5.10 Å². The summed E-state index contributed by atoms with van der Waals surface area (Å²) in [4.78, 5) is 22.1. The van der Waals surface area contributed by atoms with Crippen LogP contribution in [-0.4, -0.2) is 17.0 Å². The van der Waals surface area contributed by atoms with Gasteiger partial charge in [0.1, 0.15) is 5.82 Å². The number of thiophene rings is 1. The molecule has 1 amide bonds. The molecule has 0 spiro atoms. The molecule has 20 heavy (non-hydrogen) atoms. The van der Waals surface area contributed by atoms with Gasteiger partial charge >= 0.3 is 5.00 Å². The maximum Gasteiger partial charge on any atom is 0.324 e. The number of benzene rings is 1. The van der Waals surface area contributed by atoms with Crippen LogP contribution in [0.3, 0.4) is 0 Å². The molecular weight excluding hydrogens is 285 g/mol. The Bertz CT molecular complexity index is 684. The van der Waals surface area contributed by atoms with Gasteiger partial charge in [-0.25, -0.2) is 9.82 Å². The lowest BCUT2D eigenvalue weighted by Crippen LogP contribution is -2.18. The fourth-order valence-corrected chi connectivity index (χ4v) is 2.06. The highest BCUT2D eigenvalue weighted by Crippen LogP contribution is 2.22. The quantitative estimate of drug-likeness (QED) is 0.534. The molecule has 6 nitrogen and oxygen atoms in total. The smallest absolute Gasteiger partial charge is 0.267 e. The van der Waals surface area contributed by atoms with E-state index < -0.39 is 16.6 Å². The van der Waals surface area contributed by atoms with Gasteiger partial charge in [0.15, 0.2) is 0 Å². The standard InChI is InChI=1S/C12H8FN3O3S/c13-10-4-2-1-3-9(10)12(17)15-14-7-8-5-6-11(20-8)16(18)19/h1-7H,(H,15,17)/b14-7-. The molecule has 2 rings (SSSR count). The number of carbonyl (C=O) groups excluding carboxylic acids is 1. The Morgan fingerprint density at radius 2 is 2.10 bits per heavy atom. The van der Waals surface area contributed by atoms with Crippen LogP contribution < -0.4 is 5.43 Å². The largest absolute Gasteiger partial charge is 0.324 e. The molecular formula is C12H8FN3O3S. The van der Waals surface area contributed by atoms with Crippen molar-refractivity contribution in [2.45, 2.75) is 0 Å². The van der Waals surface area contributed by atoms with Crippen LogP contribution in [0.1, 0.15) is 15.2 Å². The van der Waals surface area contributed by atoms with E-state index in [9.17, 15) is 19.3 Å². The fourth-order valence-electron chi connectivity index (χ4n) is 1.37. The number of rotatable bonds is 4. The summed E-state index contributed by atoms with van der Waals surface area (Å²) in [5.74, 6) is -1.34. The highest BCUT2D eigenvalue weighted by atomic mass is 32.1. The van der Waals surface area contributed by atoms with Crippen LogP contribution in [0.25, 0.3) is 0 Å². The van der Waals surface area contributed by atoms with Crippen LogP contribution in [0.15, 0.2) is 41.5 Å². The summed E-state index contributed by atoms with van der Waals surface area (Å²) in [7, 11) is 0. The van der Waals surface area contributed by atoms with E-state index in [1.54, 1.807) is 0 Å². The van der Waals surface area contributed by atoms with Crippen molar-refractivity contribution in [1.29, 1.82) is 0 Å². The molecule has 2 aromatic rings. The average molecular weight is 293 g/mol. The Labute approximate surface area is 116 Å². The molecule has 1 aromatic carbocycles. The van der Waals surface area contributed by atoms with Crippen molar-refractivity contribution >= 4 is 28.5 Å². The Kier molecular flexibility index (Phi) is 4.16. The Morgan fingerprint density at radius 1 is 1.35 bits per heavy atom. The minimum Gasteiger partial charge on any atom is -0.267 e. The van der Waals surface area contributed by atoms with Gasteiger partial charge in [0.05, 0.1) is 21.6 Å². The third kappa shape index (κ3) is 3.23. The van der Waals surface area contributed by atoms with Gasteiger partial charge in [0.25, 0.3) is 5.91 Å². The summed E-state index contributed by atoms with van der Waals surface area (Å²) in [5, 5.41) is 14.1. The average Bonchev–Trinajstić information content (AvgIpc) is 2.88. The van der Waals surface area contributed by atoms with E-state index in [2.05, 4.69) is 10.5 Å². The molecule has 102 valence electrons. The predicted molar refractivity (Wildman–Crippen MR) is 72.4 cm³/mol. The Morgan fingerprint density at radius 3 is 2.75 bits per heavy atom. The van der Waals surface area contributed by atoms with Gasteiger partial charge in [0.2, 0.25) is 0 Å². The lowest BCUT2D eigenvalue weighted by molar-refractivity contribution is -0.380. The SMILES string of the molecule is O=C(N/N=C\c1ccc([N+](=O)[O-])s1)c1ccccc1F. The molecule has 1 heterocycles. The zero-order valence-electron chi connectivity index (χ0n) is 9.95. The van der Waals surface area contributed by atoms with Crippen LogP contribution in [0.4, 0.5) is 9.39 Å². The van der Waals surface area contributed by atoms with Gasteiger partial charge in [-0.3, -0.25) is 14.9 Å². The number of hydrogen-bond donors (Lipinski definition) is 1. The number of hydrazone groups is 1. The lowest BCUT2D eigenvalue weighted by atomic mass is 10.2. The van der Waals surface area contributed by atoms with Crippen LogP contribution >= 0.6 is 11.3 Å². The number of nitro groups is 1. The second kappa shape index (κ2) is 6.02. The van der Waals surface area contributed by atoms with Gasteiger partial charge in [-0.05, 0) is 18.2 Å². The van der Waals surface area contributed by atoms with Gasteiger partial charge in [-0.1, -0.05) is 23.5 Å². The molecule has 0 atom stereocenters. The third-order valence-corrected chi connectivity index (χ3v) is 3.24. The minimum atomic E-state index is -0.689. The summed E-state index contributed by atoms with van der Waals surface area (Å²) >= 11 is 0.918. The topological polar surface area (TPSA) is 84.6 Å². The molecule has 0 saturated heterocycles. The Balaban J connectivity index is 2.01. The first-order chi connectivity index (χ1) is 9.58. The Hall–Kier alpha value is -2.61. The van der Waals surface area contributed by atoms with Crippen molar-refractivity contribution < 1.29 is 14.1 Å². The normalized spacial score (nSPS) is 10.7. The molecule has 0 aliphatic heterocycles. The first-order valence-corrected chi connectivity index (χ1v) is 6.22. The predicted octanol–water partition coefficient (Wildman–Crippen LogP) is 2.56. The van der Waals surface area contributed by atoms with Crippen molar-refractivity contribution in [2.75, 3.05) is 0 Å². The number of carbonyl (C=O) groups is 1. The molecule has 0 radical (unpaired) electrons. The third-order valence-electron chi connectivity index (χ3n) is 2.27. The van der Waals surface area contributed by atoms with Gasteiger partial charge in [0, 0.05) is 6.07 Å². The van der Waals surface area contributed by atoms with Crippen LogP contribution in [0, 0.1) is 15.9 Å². The first-order valence-electron chi connectivity index (χ1n) is 5.40. The van der Waals surface area contributed by atoms with E-state index in [0.29, 0.717) is 4.88 Å². The van der Waals surface area contributed by atoms with E-state index in [1.165, 1.54) is 42.6 Å². The zero-order valence-corrected chi connectivity index (χ0v) is 10.8. The number of halogens is 1. The van der Waals surface area contributed by atoms with E-state index in [-0.39, 0.29) is 10.6 Å². The van der Waals surface area contributed by atoms with Crippen molar-refractivity contribution in [3.63, 3.8) is 0 Å². The van der Waals surface area contributed by atoms with Crippen molar-refractivity contribution in [2.24, 2.45) is 5.10 Å². The second-order valence-electron chi connectivity index (χ2n) is 3.61. The lowest BCUT2D eigenvalue weighted by Gasteiger charge is -2.00. The van der Waals surface area contributed by atoms with Crippen molar-refractivity contribution in [1.82, 2.24) is 5.43 Å². The molecule has 8 heteroatoms. The molecule has 0 saturated carbocycles. The number of nitrogens with zero attached hydrogens (tertiary/aromatic N) is 2. The van der Waals surface area contributed by atoms with E-state index in [0.717, 1.165) is 11.3 Å². The van der Waals surface area contributed by atoms with Gasteiger partial charge in [-0.15, -0.1) is 0 Å². The first kappa shape index (κ1) is 13.8. The highest BCUT2D eigenvalue weighted by Gasteiger charge is 2.10. The molecule has 1 aromatic heterocycles. The maximum atomic E-state index is 13.3. The number of nitrogens with one attached hydrogen (secondary N) is 1. The van der Waals surface area contributed by atoms with E-state index >= 15 is 0 Å². The minimum absolute atomic E-state index is 0.0214. The van der Waals surface area contributed by atoms with Gasteiger partial charge < -0.3 is 0 Å². The molecule has 0 fully saturated rings. The van der Waals surface area contributed by atoms with Crippen molar-refractivity contribution in [3.05, 3.63) is 62.8 Å². The maximum absolute atomic E-state index is 13.3. The highest BCUT2D eigenvalue weighted by molar-refractivity contribution is 7.16. The second-order valence-corrected chi connectivity index (χ2v) is 4.71. The van der Waals surface area contributed by atoms with Crippen LogP contribution in [-0.2, 0) is 0 Å². The van der Waals surface area contributed by atoms with Crippen LogP contribution in [0.2, 0.25) is 0 Å². The monoisotopic (exact) mass is 293 g/mol. The summed E-state index contributed by atoms with van der Waals surface area (Å²) in [6.07, 6.45) is 1.26. The van der Waals surface area contributed by atoms with E-state index in [4.69, 9.17) is 0 Å². The van der Waals surface area contributed by atoms with Crippen LogP contribution in [0.5, 0.6) is 0 Å². The fraction of sp³-hybridized carbons (Fsp3) is 0. The summed E-state index contributed by atoms with van der Waals surface area (Å²) in [6.45, 7) is 0. The zero-order chi connectivity index (χ0) is 14.5. The molecule has 1 N–H and O–H groups in total. The molecule has 0 aliphatic rings. The molecule has 0 aliphatic carbocycles. The van der Waals surface area contributed by atoms with Crippen molar-refractivity contribution in [3.8, 4) is 0 Å². The number of amides is 1. The molecule has 0 bridgehead atoms.